The van der Waals surface area contributed by atoms with Crippen LogP contribution in [-0.4, -0.2) is 25.0 Å². The zero-order valence-corrected chi connectivity index (χ0v) is 10.0. The molecule has 0 rings (SSSR count). The number of nitrogens with zero attached hydrogens (tertiary/aromatic N) is 1. The quantitative estimate of drug-likeness (QED) is 0.630. The zero-order valence-electron chi connectivity index (χ0n) is 10.0. The van der Waals surface area contributed by atoms with Gasteiger partial charge in [0.25, 0.3) is 0 Å². The molecule has 0 heterocycles. The van der Waals surface area contributed by atoms with Crippen LogP contribution in [0.4, 0.5) is 0 Å². The molecule has 0 aliphatic rings. The van der Waals surface area contributed by atoms with Crippen LogP contribution in [0.5, 0.6) is 0 Å². The molecule has 0 N–H and O–H groups in total. The maximum atomic E-state index is 2.28. The molecular weight excluding hydrogens is 146 g/mol. The Kier molecular flexibility index (Phi) is 10.9. The van der Waals surface area contributed by atoms with Gasteiger partial charge in [-0.05, 0) is 39.8 Å². The summed E-state index contributed by atoms with van der Waals surface area (Å²) in [7, 11) is 4.29. The minimum Gasteiger partial charge on any atom is -0.307 e. The van der Waals surface area contributed by atoms with Gasteiger partial charge in [-0.3, -0.25) is 0 Å². The largest absolute Gasteiger partial charge is 0.307 e. The molecule has 0 saturated heterocycles. The average molecular weight is 173 g/mol. The second-order valence-electron chi connectivity index (χ2n) is 3.78. The minimum atomic E-state index is 0.738. The molecule has 0 aliphatic carbocycles. The summed E-state index contributed by atoms with van der Waals surface area (Å²) in [5, 5.41) is 0. The summed E-state index contributed by atoms with van der Waals surface area (Å²) < 4.78 is 0. The summed E-state index contributed by atoms with van der Waals surface area (Å²) in [4.78, 5) is 2.28. The lowest BCUT2D eigenvalue weighted by molar-refractivity contribution is 0.284. The van der Waals surface area contributed by atoms with Gasteiger partial charge in [-0.2, -0.15) is 0 Å². The van der Waals surface area contributed by atoms with E-state index in [0.717, 1.165) is 12.0 Å². The van der Waals surface area contributed by atoms with E-state index in [1.165, 1.54) is 12.8 Å². The number of rotatable bonds is 4. The molecule has 0 aromatic heterocycles. The fourth-order valence-corrected chi connectivity index (χ4v) is 0.833. The molecule has 0 fully saturated rings. The van der Waals surface area contributed by atoms with Crippen molar-refractivity contribution in [2.24, 2.45) is 5.92 Å². The van der Waals surface area contributed by atoms with E-state index >= 15 is 0 Å². The van der Waals surface area contributed by atoms with E-state index in [2.05, 4.69) is 39.8 Å². The molecule has 0 saturated carbocycles. The van der Waals surface area contributed by atoms with Crippen LogP contribution in [0.2, 0.25) is 0 Å². The van der Waals surface area contributed by atoms with Crippen LogP contribution in [0.3, 0.4) is 0 Å². The Bertz CT molecular complexity index is 77.1. The van der Waals surface area contributed by atoms with Crippen LogP contribution in [0.25, 0.3) is 0 Å². The lowest BCUT2D eigenvalue weighted by Gasteiger charge is -2.20. The van der Waals surface area contributed by atoms with Gasteiger partial charge in [0.2, 0.25) is 0 Å². The first-order valence-corrected chi connectivity index (χ1v) is 5.20. The monoisotopic (exact) mass is 173 g/mol. The third-order valence-electron chi connectivity index (χ3n) is 2.04. The molecule has 0 aliphatic heterocycles. The number of hydrogen-bond acceptors (Lipinski definition) is 1. The minimum absolute atomic E-state index is 0.738. The van der Waals surface area contributed by atoms with Crippen molar-refractivity contribution < 1.29 is 0 Å². The van der Waals surface area contributed by atoms with Crippen LogP contribution < -0.4 is 0 Å². The Morgan fingerprint density at radius 2 is 1.33 bits per heavy atom. The van der Waals surface area contributed by atoms with Crippen molar-refractivity contribution in [1.82, 2.24) is 4.90 Å². The van der Waals surface area contributed by atoms with Gasteiger partial charge in [0.1, 0.15) is 0 Å². The lowest BCUT2D eigenvalue weighted by atomic mass is 10.0. The highest BCUT2D eigenvalue weighted by Gasteiger charge is 2.04. The zero-order chi connectivity index (χ0) is 10.1. The van der Waals surface area contributed by atoms with E-state index in [0.29, 0.717) is 0 Å². The van der Waals surface area contributed by atoms with E-state index in [1.54, 1.807) is 0 Å². The standard InChI is InChI=1S/C9H21N.C2H6/c1-8(2)6-7-9(3)10(4)5;1-2/h8-9H,6-7H2,1-5H3;1-2H3. The Morgan fingerprint density at radius 3 is 1.58 bits per heavy atom. The molecular formula is C11H27N. The molecule has 0 amide bonds. The molecule has 0 radical (unpaired) electrons. The van der Waals surface area contributed by atoms with Crippen molar-refractivity contribution in [3.05, 3.63) is 0 Å². The number of hydrogen-bond donors (Lipinski definition) is 0. The molecule has 76 valence electrons. The first-order valence-electron chi connectivity index (χ1n) is 5.20. The first-order chi connectivity index (χ1) is 5.54. The maximum Gasteiger partial charge on any atom is 0.00609 e. The first kappa shape index (κ1) is 14.5. The summed E-state index contributed by atoms with van der Waals surface area (Å²) in [6.07, 6.45) is 2.67. The molecule has 1 heteroatoms. The van der Waals surface area contributed by atoms with Gasteiger partial charge in [-0.25, -0.2) is 0 Å². The van der Waals surface area contributed by atoms with Crippen LogP contribution in [0.15, 0.2) is 0 Å². The van der Waals surface area contributed by atoms with Crippen LogP contribution in [-0.2, 0) is 0 Å². The highest BCUT2D eigenvalue weighted by atomic mass is 15.1. The van der Waals surface area contributed by atoms with Crippen molar-refractivity contribution in [3.8, 4) is 0 Å². The Labute approximate surface area is 79.2 Å². The topological polar surface area (TPSA) is 3.24 Å². The molecule has 0 aromatic carbocycles. The predicted octanol–water partition coefficient (Wildman–Crippen LogP) is 3.40. The molecule has 0 bridgehead atoms. The summed E-state index contributed by atoms with van der Waals surface area (Å²) in [6.45, 7) is 10.8. The molecule has 0 aromatic rings. The van der Waals surface area contributed by atoms with Gasteiger partial charge >= 0.3 is 0 Å². The summed E-state index contributed by atoms with van der Waals surface area (Å²) in [5.41, 5.74) is 0. The lowest BCUT2D eigenvalue weighted by Crippen LogP contribution is -2.24. The average Bonchev–Trinajstić information content (AvgIpc) is 2.03. The van der Waals surface area contributed by atoms with Crippen molar-refractivity contribution in [2.45, 2.75) is 53.5 Å². The smallest absolute Gasteiger partial charge is 0.00609 e. The van der Waals surface area contributed by atoms with Crippen molar-refractivity contribution in [3.63, 3.8) is 0 Å². The Balaban J connectivity index is 0. The predicted molar refractivity (Wildman–Crippen MR) is 58.6 cm³/mol. The van der Waals surface area contributed by atoms with Crippen LogP contribution in [0, 0.1) is 5.92 Å². The molecule has 0 spiro atoms. The van der Waals surface area contributed by atoms with Crippen molar-refractivity contribution >= 4 is 0 Å². The second-order valence-corrected chi connectivity index (χ2v) is 3.78. The highest BCUT2D eigenvalue weighted by molar-refractivity contribution is 4.59. The van der Waals surface area contributed by atoms with E-state index in [-0.39, 0.29) is 0 Å². The van der Waals surface area contributed by atoms with Crippen molar-refractivity contribution in [1.29, 1.82) is 0 Å². The summed E-state index contributed by atoms with van der Waals surface area (Å²) >= 11 is 0. The van der Waals surface area contributed by atoms with Gasteiger partial charge in [0.15, 0.2) is 0 Å². The fraction of sp³-hybridized carbons (Fsp3) is 1.00. The van der Waals surface area contributed by atoms with Crippen LogP contribution in [0.1, 0.15) is 47.5 Å². The molecule has 1 atom stereocenters. The summed E-state index contributed by atoms with van der Waals surface area (Å²) in [6, 6.07) is 0.738. The Morgan fingerprint density at radius 1 is 0.917 bits per heavy atom. The third kappa shape index (κ3) is 9.96. The van der Waals surface area contributed by atoms with E-state index in [1.807, 2.05) is 13.8 Å². The third-order valence-corrected chi connectivity index (χ3v) is 2.04. The van der Waals surface area contributed by atoms with E-state index in [4.69, 9.17) is 0 Å². The maximum absolute atomic E-state index is 2.28. The van der Waals surface area contributed by atoms with Gasteiger partial charge in [-0.15, -0.1) is 0 Å². The van der Waals surface area contributed by atoms with E-state index in [9.17, 15) is 0 Å². The SMILES string of the molecule is CC.CC(C)CCC(C)N(C)C. The molecule has 12 heavy (non-hydrogen) atoms. The highest BCUT2D eigenvalue weighted by Crippen LogP contribution is 2.08. The normalized spacial score (nSPS) is 12.8. The Hall–Kier alpha value is -0.0400. The van der Waals surface area contributed by atoms with Gasteiger partial charge in [0.05, 0.1) is 0 Å². The second kappa shape index (κ2) is 9.05. The van der Waals surface area contributed by atoms with Crippen LogP contribution >= 0.6 is 0 Å². The van der Waals surface area contributed by atoms with Gasteiger partial charge < -0.3 is 4.90 Å². The van der Waals surface area contributed by atoms with Gasteiger partial charge in [0, 0.05) is 6.04 Å². The molecule has 1 unspecified atom stereocenters. The van der Waals surface area contributed by atoms with E-state index < -0.39 is 0 Å². The van der Waals surface area contributed by atoms with Gasteiger partial charge in [-0.1, -0.05) is 27.7 Å². The molecule has 1 nitrogen and oxygen atoms in total. The summed E-state index contributed by atoms with van der Waals surface area (Å²) in [5.74, 6) is 0.849. The fourth-order valence-electron chi connectivity index (χ4n) is 0.833. The van der Waals surface area contributed by atoms with Crippen molar-refractivity contribution in [2.75, 3.05) is 14.1 Å².